The van der Waals surface area contributed by atoms with Crippen LogP contribution in [0.2, 0.25) is 0 Å². The van der Waals surface area contributed by atoms with Crippen LogP contribution in [-0.2, 0) is 12.0 Å². The molecule has 0 unspecified atom stereocenters. The SMILES string of the molecule is Br.CCCCCCCCCCCCCCCCOc1ccc(C(=O)Nc2ccc(CN3C=CSC3)cc2)cc1C(C)(C)C. The van der Waals surface area contributed by atoms with Crippen molar-refractivity contribution in [3.63, 3.8) is 0 Å². The zero-order chi connectivity index (χ0) is 30.0. The Morgan fingerprint density at radius 3 is 1.95 bits per heavy atom. The Balaban J connectivity index is 0.00000645. The van der Waals surface area contributed by atoms with Crippen LogP contribution in [-0.4, -0.2) is 23.3 Å². The van der Waals surface area contributed by atoms with E-state index < -0.39 is 0 Å². The zero-order valence-electron chi connectivity index (χ0n) is 27.3. The smallest absolute Gasteiger partial charge is 0.255 e. The van der Waals surface area contributed by atoms with Crippen LogP contribution in [0, 0.1) is 0 Å². The van der Waals surface area contributed by atoms with Crippen LogP contribution in [0.4, 0.5) is 5.69 Å². The molecule has 1 amide bonds. The molecule has 1 aliphatic rings. The van der Waals surface area contributed by atoms with Gasteiger partial charge in [0.2, 0.25) is 0 Å². The molecule has 2 aromatic carbocycles. The van der Waals surface area contributed by atoms with E-state index in [-0.39, 0.29) is 28.3 Å². The van der Waals surface area contributed by atoms with Gasteiger partial charge in [-0.1, -0.05) is 123 Å². The second-order valence-electron chi connectivity index (χ2n) is 12.9. The second-order valence-corrected chi connectivity index (χ2v) is 13.7. The zero-order valence-corrected chi connectivity index (χ0v) is 29.8. The second kappa shape index (κ2) is 20.9. The highest BCUT2D eigenvalue weighted by Gasteiger charge is 2.21. The lowest BCUT2D eigenvalue weighted by Gasteiger charge is -2.24. The fraction of sp³-hybridized carbons (Fsp3) is 0.595. The molecule has 240 valence electrons. The molecule has 0 atom stereocenters. The molecule has 0 radical (unpaired) electrons. The van der Waals surface area contributed by atoms with E-state index in [0.717, 1.165) is 42.4 Å². The maximum absolute atomic E-state index is 13.1. The van der Waals surface area contributed by atoms with E-state index in [1.54, 1.807) is 11.8 Å². The number of hydrogen-bond acceptors (Lipinski definition) is 4. The predicted octanol–water partition coefficient (Wildman–Crippen LogP) is 11.7. The molecule has 3 rings (SSSR count). The third-order valence-corrected chi connectivity index (χ3v) is 8.81. The van der Waals surface area contributed by atoms with Crippen molar-refractivity contribution in [1.82, 2.24) is 4.90 Å². The minimum absolute atomic E-state index is 0. The summed E-state index contributed by atoms with van der Waals surface area (Å²) in [5, 5.41) is 5.19. The van der Waals surface area contributed by atoms with Crippen molar-refractivity contribution in [3.8, 4) is 5.75 Å². The van der Waals surface area contributed by atoms with E-state index in [2.05, 4.69) is 61.7 Å². The number of unbranched alkanes of at least 4 members (excludes halogenated alkanes) is 13. The van der Waals surface area contributed by atoms with Gasteiger partial charge in [0.1, 0.15) is 5.75 Å². The minimum Gasteiger partial charge on any atom is -0.493 e. The molecule has 0 saturated carbocycles. The summed E-state index contributed by atoms with van der Waals surface area (Å²) in [5.74, 6) is 1.80. The maximum atomic E-state index is 13.1. The molecule has 0 aliphatic carbocycles. The summed E-state index contributed by atoms with van der Waals surface area (Å²) < 4.78 is 6.25. The van der Waals surface area contributed by atoms with Gasteiger partial charge in [0, 0.05) is 29.6 Å². The maximum Gasteiger partial charge on any atom is 0.255 e. The molecule has 1 N–H and O–H groups in total. The van der Waals surface area contributed by atoms with Gasteiger partial charge in [-0.2, -0.15) is 0 Å². The van der Waals surface area contributed by atoms with Crippen molar-refractivity contribution in [2.24, 2.45) is 0 Å². The van der Waals surface area contributed by atoms with E-state index in [1.165, 1.54) is 89.0 Å². The molecule has 2 aromatic rings. The fourth-order valence-electron chi connectivity index (χ4n) is 5.40. The molecule has 1 aliphatic heterocycles. The van der Waals surface area contributed by atoms with Crippen LogP contribution in [0.1, 0.15) is 139 Å². The van der Waals surface area contributed by atoms with Crippen LogP contribution in [0.3, 0.4) is 0 Å². The third-order valence-electron chi connectivity index (χ3n) is 8.01. The third kappa shape index (κ3) is 14.6. The highest BCUT2D eigenvalue weighted by molar-refractivity contribution is 8.93. The van der Waals surface area contributed by atoms with Gasteiger partial charge in [-0.25, -0.2) is 0 Å². The summed E-state index contributed by atoms with van der Waals surface area (Å²) in [6, 6.07) is 14.0. The lowest BCUT2D eigenvalue weighted by atomic mass is 9.85. The summed E-state index contributed by atoms with van der Waals surface area (Å²) in [5.41, 5.74) is 3.66. The number of nitrogens with zero attached hydrogens (tertiary/aromatic N) is 1. The first-order valence-corrected chi connectivity index (χ1v) is 17.6. The Hall–Kier alpha value is -1.92. The van der Waals surface area contributed by atoms with Crippen molar-refractivity contribution in [3.05, 3.63) is 70.8 Å². The first kappa shape index (κ1) is 37.3. The number of anilines is 1. The number of hydrogen-bond donors (Lipinski definition) is 1. The van der Waals surface area contributed by atoms with Crippen LogP contribution < -0.4 is 10.1 Å². The number of ether oxygens (including phenoxy) is 1. The highest BCUT2D eigenvalue weighted by Crippen LogP contribution is 2.33. The molecule has 0 aromatic heterocycles. The summed E-state index contributed by atoms with van der Waals surface area (Å²) in [6.45, 7) is 10.4. The molecule has 6 heteroatoms. The van der Waals surface area contributed by atoms with E-state index in [9.17, 15) is 4.79 Å². The first-order valence-electron chi connectivity index (χ1n) is 16.6. The van der Waals surface area contributed by atoms with Gasteiger partial charge in [-0.15, -0.1) is 28.7 Å². The Morgan fingerprint density at radius 1 is 0.837 bits per heavy atom. The van der Waals surface area contributed by atoms with Crippen molar-refractivity contribution in [2.75, 3.05) is 17.8 Å². The molecule has 4 nitrogen and oxygen atoms in total. The van der Waals surface area contributed by atoms with Crippen molar-refractivity contribution < 1.29 is 9.53 Å². The van der Waals surface area contributed by atoms with E-state index in [4.69, 9.17) is 4.74 Å². The number of nitrogens with one attached hydrogen (secondary N) is 1. The van der Waals surface area contributed by atoms with Crippen LogP contribution in [0.15, 0.2) is 54.1 Å². The number of amides is 1. The molecule has 1 heterocycles. The summed E-state index contributed by atoms with van der Waals surface area (Å²) in [6.07, 6.45) is 21.1. The molecule has 0 bridgehead atoms. The van der Waals surface area contributed by atoms with Crippen LogP contribution in [0.5, 0.6) is 5.75 Å². The van der Waals surface area contributed by atoms with E-state index in [1.807, 2.05) is 30.3 Å². The molecular formula is C37H57BrN2O2S. The van der Waals surface area contributed by atoms with E-state index >= 15 is 0 Å². The number of carbonyl (C=O) groups excluding carboxylic acids is 1. The lowest BCUT2D eigenvalue weighted by molar-refractivity contribution is 0.102. The predicted molar refractivity (Wildman–Crippen MR) is 193 cm³/mol. The monoisotopic (exact) mass is 672 g/mol. The van der Waals surface area contributed by atoms with Gasteiger partial charge in [-0.05, 0) is 53.1 Å². The van der Waals surface area contributed by atoms with Crippen LogP contribution >= 0.6 is 28.7 Å². The molecular weight excluding hydrogens is 616 g/mol. The number of halogens is 1. The molecule has 0 saturated heterocycles. The first-order chi connectivity index (χ1) is 20.4. The van der Waals surface area contributed by atoms with Gasteiger partial charge in [-0.3, -0.25) is 4.79 Å². The average Bonchev–Trinajstić information content (AvgIpc) is 3.49. The topological polar surface area (TPSA) is 41.6 Å². The Morgan fingerprint density at radius 2 is 1.42 bits per heavy atom. The average molecular weight is 674 g/mol. The Bertz CT molecular complexity index is 1080. The Labute approximate surface area is 277 Å². The summed E-state index contributed by atoms with van der Waals surface area (Å²) in [4.78, 5) is 15.4. The molecule has 0 spiro atoms. The van der Waals surface area contributed by atoms with Crippen molar-refractivity contribution in [2.45, 2.75) is 130 Å². The number of benzene rings is 2. The van der Waals surface area contributed by atoms with Crippen LogP contribution in [0.25, 0.3) is 0 Å². The number of rotatable bonds is 20. The number of thioether (sulfide) groups is 1. The molecule has 0 fully saturated rings. The fourth-order valence-corrected chi connectivity index (χ4v) is 6.12. The van der Waals surface area contributed by atoms with Gasteiger partial charge < -0.3 is 15.0 Å². The minimum atomic E-state index is -0.120. The largest absolute Gasteiger partial charge is 0.493 e. The van der Waals surface area contributed by atoms with Crippen molar-refractivity contribution >= 4 is 40.3 Å². The van der Waals surface area contributed by atoms with Gasteiger partial charge in [0.05, 0.1) is 12.5 Å². The van der Waals surface area contributed by atoms with Gasteiger partial charge >= 0.3 is 0 Å². The highest BCUT2D eigenvalue weighted by atomic mass is 79.9. The van der Waals surface area contributed by atoms with Gasteiger partial charge in [0.15, 0.2) is 0 Å². The van der Waals surface area contributed by atoms with Gasteiger partial charge in [0.25, 0.3) is 5.91 Å². The quantitative estimate of drug-likeness (QED) is 0.142. The lowest BCUT2D eigenvalue weighted by Crippen LogP contribution is -2.17. The summed E-state index contributed by atoms with van der Waals surface area (Å²) >= 11 is 1.81. The Kier molecular flexibility index (Phi) is 18.1. The standard InChI is InChI=1S/C37H56N2O2S.BrH/c1-5-6-7-8-9-10-11-12-13-14-15-16-17-18-26-41-35-24-21-32(28-34(35)37(2,3)4)36(40)38-33-22-19-31(20-23-33)29-39-25-27-42-30-39;/h19-25,27-28H,5-18,26,29-30H2,1-4H3,(H,38,40);1H. The normalized spacial score (nSPS) is 12.8. The summed E-state index contributed by atoms with van der Waals surface area (Å²) in [7, 11) is 0. The molecule has 43 heavy (non-hydrogen) atoms. The van der Waals surface area contributed by atoms with Crippen molar-refractivity contribution in [1.29, 1.82) is 0 Å². The number of carbonyl (C=O) groups is 1. The van der Waals surface area contributed by atoms with E-state index in [0.29, 0.717) is 5.56 Å².